The van der Waals surface area contributed by atoms with Gasteiger partial charge in [0.05, 0.1) is 9.82 Å². The lowest BCUT2D eigenvalue weighted by Crippen LogP contribution is -2.26. The smallest absolute Gasteiger partial charge is 0.409 e. The van der Waals surface area contributed by atoms with E-state index in [1.165, 1.54) is 66.5 Å². The fourth-order valence-corrected chi connectivity index (χ4v) is 3.61. The van der Waals surface area contributed by atoms with E-state index in [-0.39, 0.29) is 11.3 Å². The molecule has 0 fully saturated rings. The third-order valence-electron chi connectivity index (χ3n) is 4.25. The van der Waals surface area contributed by atoms with Gasteiger partial charge in [0, 0.05) is 34.9 Å². The molecule has 0 bridgehead atoms. The Labute approximate surface area is 180 Å². The molecule has 0 aliphatic rings. The molecule has 3 rings (SSSR count). The monoisotopic (exact) mass is 441 g/mol. The van der Waals surface area contributed by atoms with Crippen LogP contribution in [0.2, 0.25) is 0 Å². The maximum absolute atomic E-state index is 13.1. The number of nitro groups is 1. The maximum atomic E-state index is 13.1. The number of hydrogen-bond donors (Lipinski definition) is 2. The van der Waals surface area contributed by atoms with Crippen LogP contribution in [0.1, 0.15) is 10.4 Å². The van der Waals surface area contributed by atoms with Gasteiger partial charge < -0.3 is 10.0 Å². The Kier molecular flexibility index (Phi) is 6.51. The van der Waals surface area contributed by atoms with Gasteiger partial charge in [-0.1, -0.05) is 11.8 Å². The standard InChI is InChI=1S/C21H16FN3O5S/c1-24(16-7-3-14(22)4-8-16)20(26)13-2-11-19(18(12-13)25(29)30)31-17-9-5-15(6-10-17)23-21(27)28/h2-12,23H,1H3,(H,27,28). The molecular formula is C21H16FN3O5S. The van der Waals surface area contributed by atoms with E-state index >= 15 is 0 Å². The number of amides is 2. The molecule has 158 valence electrons. The van der Waals surface area contributed by atoms with Crippen LogP contribution in [0.25, 0.3) is 0 Å². The van der Waals surface area contributed by atoms with Gasteiger partial charge in [-0.15, -0.1) is 0 Å². The van der Waals surface area contributed by atoms with Crippen LogP contribution >= 0.6 is 11.8 Å². The van der Waals surface area contributed by atoms with Gasteiger partial charge in [0.25, 0.3) is 11.6 Å². The molecule has 8 nitrogen and oxygen atoms in total. The summed E-state index contributed by atoms with van der Waals surface area (Å²) in [4.78, 5) is 36.7. The number of anilines is 2. The minimum atomic E-state index is -1.19. The number of nitrogens with one attached hydrogen (secondary N) is 1. The van der Waals surface area contributed by atoms with Crippen LogP contribution in [0.5, 0.6) is 0 Å². The largest absolute Gasteiger partial charge is 0.465 e. The fourth-order valence-electron chi connectivity index (χ4n) is 2.71. The number of carbonyl (C=O) groups excluding carboxylic acids is 1. The van der Waals surface area contributed by atoms with E-state index in [1.54, 1.807) is 12.1 Å². The summed E-state index contributed by atoms with van der Waals surface area (Å²) in [6.07, 6.45) is -1.19. The zero-order chi connectivity index (χ0) is 22.5. The zero-order valence-electron chi connectivity index (χ0n) is 16.1. The number of carboxylic acid groups (broad SMARTS) is 1. The van der Waals surface area contributed by atoms with Crippen LogP contribution in [0.15, 0.2) is 76.5 Å². The van der Waals surface area contributed by atoms with Gasteiger partial charge in [0.1, 0.15) is 5.82 Å². The van der Waals surface area contributed by atoms with E-state index in [1.807, 2.05) is 0 Å². The van der Waals surface area contributed by atoms with Crippen molar-refractivity contribution in [3.63, 3.8) is 0 Å². The number of rotatable bonds is 6. The molecule has 0 aliphatic heterocycles. The molecule has 0 radical (unpaired) electrons. The summed E-state index contributed by atoms with van der Waals surface area (Å²) in [5.74, 6) is -0.913. The van der Waals surface area contributed by atoms with E-state index in [2.05, 4.69) is 5.32 Å². The highest BCUT2D eigenvalue weighted by molar-refractivity contribution is 7.99. The molecule has 3 aromatic carbocycles. The van der Waals surface area contributed by atoms with Crippen molar-refractivity contribution >= 4 is 40.8 Å². The lowest BCUT2D eigenvalue weighted by atomic mass is 10.1. The molecule has 10 heteroatoms. The number of benzene rings is 3. The van der Waals surface area contributed by atoms with Crippen LogP contribution in [0, 0.1) is 15.9 Å². The fraction of sp³-hybridized carbons (Fsp3) is 0.0476. The predicted octanol–water partition coefficient (Wildman–Crippen LogP) is 5.25. The quantitative estimate of drug-likeness (QED) is 0.399. The highest BCUT2D eigenvalue weighted by Crippen LogP contribution is 2.36. The van der Waals surface area contributed by atoms with Crippen molar-refractivity contribution in [2.45, 2.75) is 9.79 Å². The maximum Gasteiger partial charge on any atom is 0.409 e. The van der Waals surface area contributed by atoms with Gasteiger partial charge in [0.2, 0.25) is 0 Å². The number of carbonyl (C=O) groups is 2. The minimum absolute atomic E-state index is 0.115. The first-order chi connectivity index (χ1) is 14.7. The zero-order valence-corrected chi connectivity index (χ0v) is 16.9. The average Bonchev–Trinajstić information content (AvgIpc) is 2.74. The van der Waals surface area contributed by atoms with Gasteiger partial charge in [0.15, 0.2) is 0 Å². The Hall–Kier alpha value is -3.92. The molecule has 2 amide bonds. The lowest BCUT2D eigenvalue weighted by Gasteiger charge is -2.17. The third-order valence-corrected chi connectivity index (χ3v) is 5.33. The lowest BCUT2D eigenvalue weighted by molar-refractivity contribution is -0.387. The van der Waals surface area contributed by atoms with Crippen molar-refractivity contribution in [3.8, 4) is 0 Å². The van der Waals surface area contributed by atoms with Gasteiger partial charge in [-0.3, -0.25) is 20.2 Å². The van der Waals surface area contributed by atoms with Crippen LogP contribution in [0.4, 0.5) is 26.2 Å². The number of hydrogen-bond acceptors (Lipinski definition) is 5. The molecule has 2 N–H and O–H groups in total. The first-order valence-corrected chi connectivity index (χ1v) is 9.66. The van der Waals surface area contributed by atoms with Crippen molar-refractivity contribution in [3.05, 3.63) is 88.2 Å². The summed E-state index contributed by atoms with van der Waals surface area (Å²) in [5.41, 5.74) is 0.693. The second kappa shape index (κ2) is 9.26. The van der Waals surface area contributed by atoms with Crippen LogP contribution in [-0.2, 0) is 0 Å². The van der Waals surface area contributed by atoms with Crippen molar-refractivity contribution < 1.29 is 24.0 Å². The summed E-state index contributed by atoms with van der Waals surface area (Å²) >= 11 is 1.11. The summed E-state index contributed by atoms with van der Waals surface area (Å²) in [6, 6.07) is 15.8. The van der Waals surface area contributed by atoms with E-state index < -0.39 is 22.7 Å². The summed E-state index contributed by atoms with van der Waals surface area (Å²) in [5, 5.41) is 22.5. The van der Waals surface area contributed by atoms with Crippen molar-refractivity contribution in [1.82, 2.24) is 0 Å². The van der Waals surface area contributed by atoms with E-state index in [4.69, 9.17) is 5.11 Å². The summed E-state index contributed by atoms with van der Waals surface area (Å²) in [7, 11) is 1.50. The van der Waals surface area contributed by atoms with Gasteiger partial charge >= 0.3 is 6.09 Å². The molecule has 0 saturated heterocycles. The van der Waals surface area contributed by atoms with Gasteiger partial charge in [-0.25, -0.2) is 9.18 Å². The summed E-state index contributed by atoms with van der Waals surface area (Å²) in [6.45, 7) is 0. The topological polar surface area (TPSA) is 113 Å². The SMILES string of the molecule is CN(C(=O)c1ccc(Sc2ccc(NC(=O)O)cc2)c([N+](=O)[O-])c1)c1ccc(F)cc1. The molecular weight excluding hydrogens is 425 g/mol. The van der Waals surface area contributed by atoms with E-state index in [9.17, 15) is 24.1 Å². The number of halogens is 1. The molecule has 0 heterocycles. The number of nitro benzene ring substituents is 1. The second-order valence-corrected chi connectivity index (χ2v) is 7.45. The first-order valence-electron chi connectivity index (χ1n) is 8.84. The van der Waals surface area contributed by atoms with Gasteiger partial charge in [-0.2, -0.15) is 0 Å². The van der Waals surface area contributed by atoms with E-state index in [0.29, 0.717) is 21.2 Å². The molecule has 0 atom stereocenters. The molecule has 0 aliphatic carbocycles. The highest BCUT2D eigenvalue weighted by Gasteiger charge is 2.21. The second-order valence-electron chi connectivity index (χ2n) is 6.34. The third kappa shape index (κ3) is 5.37. The molecule has 31 heavy (non-hydrogen) atoms. The number of nitrogens with zero attached hydrogens (tertiary/aromatic N) is 2. The van der Waals surface area contributed by atoms with Crippen molar-refractivity contribution in [2.75, 3.05) is 17.3 Å². The normalized spacial score (nSPS) is 10.4. The van der Waals surface area contributed by atoms with E-state index in [0.717, 1.165) is 11.8 Å². The van der Waals surface area contributed by atoms with Crippen LogP contribution < -0.4 is 10.2 Å². The first kappa shape index (κ1) is 21.8. The molecule has 0 saturated carbocycles. The van der Waals surface area contributed by atoms with Crippen LogP contribution in [0.3, 0.4) is 0 Å². The molecule has 3 aromatic rings. The van der Waals surface area contributed by atoms with Crippen molar-refractivity contribution in [2.24, 2.45) is 0 Å². The minimum Gasteiger partial charge on any atom is -0.465 e. The average molecular weight is 441 g/mol. The Morgan fingerprint density at radius 1 is 1.06 bits per heavy atom. The molecule has 0 unspecified atom stereocenters. The highest BCUT2D eigenvalue weighted by atomic mass is 32.2. The van der Waals surface area contributed by atoms with Crippen LogP contribution in [-0.4, -0.2) is 29.1 Å². The Bertz CT molecular complexity index is 1140. The van der Waals surface area contributed by atoms with Gasteiger partial charge in [-0.05, 0) is 60.7 Å². The molecule has 0 aromatic heterocycles. The predicted molar refractivity (Wildman–Crippen MR) is 114 cm³/mol. The molecule has 0 spiro atoms. The van der Waals surface area contributed by atoms with Crippen molar-refractivity contribution in [1.29, 1.82) is 0 Å². The Morgan fingerprint density at radius 2 is 1.71 bits per heavy atom. The summed E-state index contributed by atoms with van der Waals surface area (Å²) < 4.78 is 13.1. The Balaban J connectivity index is 1.83. The Morgan fingerprint density at radius 3 is 2.29 bits per heavy atom.